The van der Waals surface area contributed by atoms with Crippen molar-refractivity contribution in [2.24, 2.45) is 0 Å². The van der Waals surface area contributed by atoms with Crippen LogP contribution in [0.3, 0.4) is 0 Å². The van der Waals surface area contributed by atoms with Crippen LogP contribution in [0.5, 0.6) is 0 Å². The first kappa shape index (κ1) is 15.4. The lowest BCUT2D eigenvalue weighted by atomic mass is 10.2. The van der Waals surface area contributed by atoms with Crippen LogP contribution < -0.4 is 0 Å². The molecule has 21 heavy (non-hydrogen) atoms. The molecule has 110 valence electrons. The van der Waals surface area contributed by atoms with Gasteiger partial charge in [-0.15, -0.1) is 0 Å². The Morgan fingerprint density at radius 1 is 1.24 bits per heavy atom. The van der Waals surface area contributed by atoms with Gasteiger partial charge in [0.25, 0.3) is 0 Å². The highest BCUT2D eigenvalue weighted by molar-refractivity contribution is 9.10. The minimum atomic E-state index is -0.351. The van der Waals surface area contributed by atoms with Crippen molar-refractivity contribution in [1.82, 2.24) is 14.9 Å². The molecule has 0 spiro atoms. The van der Waals surface area contributed by atoms with Gasteiger partial charge in [-0.05, 0) is 21.5 Å². The normalized spacial score (nSPS) is 10.2. The molecule has 0 aliphatic heterocycles. The van der Waals surface area contributed by atoms with E-state index in [2.05, 4.69) is 25.9 Å². The van der Waals surface area contributed by atoms with Gasteiger partial charge >= 0.3 is 6.09 Å². The maximum Gasteiger partial charge on any atom is 0.409 e. The molecule has 1 aromatic heterocycles. The average molecular weight is 350 g/mol. The Labute approximate surface area is 132 Å². The number of rotatable bonds is 5. The van der Waals surface area contributed by atoms with Gasteiger partial charge in [0.1, 0.15) is 12.4 Å². The van der Waals surface area contributed by atoms with Gasteiger partial charge in [-0.3, -0.25) is 0 Å². The Balaban J connectivity index is 1.76. The number of likely N-dealkylation sites (N-methyl/N-ethyl adjacent to an activating group) is 1. The van der Waals surface area contributed by atoms with Crippen LogP contribution in [-0.4, -0.2) is 34.6 Å². The minimum absolute atomic E-state index is 0.277. The summed E-state index contributed by atoms with van der Waals surface area (Å²) in [6.07, 6.45) is 3.62. The van der Waals surface area contributed by atoms with Crippen molar-refractivity contribution in [3.63, 3.8) is 0 Å². The van der Waals surface area contributed by atoms with Crippen LogP contribution in [0, 0.1) is 0 Å². The summed E-state index contributed by atoms with van der Waals surface area (Å²) in [5.41, 5.74) is 0.968. The Morgan fingerprint density at radius 2 is 1.90 bits per heavy atom. The van der Waals surface area contributed by atoms with Gasteiger partial charge in [0, 0.05) is 32.4 Å². The van der Waals surface area contributed by atoms with E-state index in [1.54, 1.807) is 19.4 Å². The van der Waals surface area contributed by atoms with Crippen molar-refractivity contribution >= 4 is 22.0 Å². The van der Waals surface area contributed by atoms with Gasteiger partial charge in [0.15, 0.2) is 0 Å². The van der Waals surface area contributed by atoms with Gasteiger partial charge in [0.05, 0.1) is 4.47 Å². The molecule has 0 N–H and O–H groups in total. The second-order valence-electron chi connectivity index (χ2n) is 4.53. The molecule has 0 aliphatic carbocycles. The highest BCUT2D eigenvalue weighted by atomic mass is 79.9. The largest absolute Gasteiger partial charge is 0.445 e. The van der Waals surface area contributed by atoms with Crippen LogP contribution in [0.15, 0.2) is 47.2 Å². The molecular formula is C15H16BrN3O2. The van der Waals surface area contributed by atoms with Crippen molar-refractivity contribution in [2.75, 3.05) is 13.6 Å². The lowest BCUT2D eigenvalue weighted by Gasteiger charge is -2.16. The van der Waals surface area contributed by atoms with Crippen molar-refractivity contribution in [3.8, 4) is 0 Å². The molecule has 1 aromatic carbocycles. The van der Waals surface area contributed by atoms with E-state index >= 15 is 0 Å². The third-order valence-corrected chi connectivity index (χ3v) is 3.27. The number of aromatic nitrogens is 2. The Hall–Kier alpha value is -1.95. The minimum Gasteiger partial charge on any atom is -0.445 e. The first-order chi connectivity index (χ1) is 10.1. The number of hydrogen-bond donors (Lipinski definition) is 0. The summed E-state index contributed by atoms with van der Waals surface area (Å²) in [4.78, 5) is 21.7. The number of nitrogens with zero attached hydrogens (tertiary/aromatic N) is 3. The maximum absolute atomic E-state index is 11.8. The molecule has 0 radical (unpaired) electrons. The maximum atomic E-state index is 11.8. The average Bonchev–Trinajstić information content (AvgIpc) is 2.52. The zero-order valence-electron chi connectivity index (χ0n) is 11.7. The molecule has 0 bridgehead atoms. The molecule has 0 saturated carbocycles. The van der Waals surface area contributed by atoms with Crippen LogP contribution in [0.4, 0.5) is 4.79 Å². The second-order valence-corrected chi connectivity index (χ2v) is 5.44. The van der Waals surface area contributed by atoms with Crippen molar-refractivity contribution < 1.29 is 9.53 Å². The van der Waals surface area contributed by atoms with E-state index in [0.717, 1.165) is 10.0 Å². The fourth-order valence-electron chi connectivity index (χ4n) is 1.66. The molecule has 1 amide bonds. The van der Waals surface area contributed by atoms with Gasteiger partial charge in [0.2, 0.25) is 0 Å². The summed E-state index contributed by atoms with van der Waals surface area (Å²) in [5, 5.41) is 0. The molecule has 0 aliphatic rings. The second kappa shape index (κ2) is 7.73. The summed E-state index contributed by atoms with van der Waals surface area (Å²) in [5.74, 6) is 0.695. The molecule has 2 aromatic rings. The molecule has 0 saturated heterocycles. The third kappa shape index (κ3) is 5.15. The predicted molar refractivity (Wildman–Crippen MR) is 82.7 cm³/mol. The smallest absolute Gasteiger partial charge is 0.409 e. The lowest BCUT2D eigenvalue weighted by molar-refractivity contribution is 0.105. The Kier molecular flexibility index (Phi) is 5.68. The fraction of sp³-hybridized carbons (Fsp3) is 0.267. The number of benzene rings is 1. The first-order valence-electron chi connectivity index (χ1n) is 6.53. The topological polar surface area (TPSA) is 55.3 Å². The zero-order valence-corrected chi connectivity index (χ0v) is 13.3. The lowest BCUT2D eigenvalue weighted by Crippen LogP contribution is -2.29. The number of halogens is 1. The van der Waals surface area contributed by atoms with Crippen molar-refractivity contribution in [3.05, 3.63) is 58.6 Å². The quantitative estimate of drug-likeness (QED) is 0.832. The fourth-order valence-corrected chi connectivity index (χ4v) is 1.86. The monoisotopic (exact) mass is 349 g/mol. The Morgan fingerprint density at radius 3 is 2.57 bits per heavy atom. The van der Waals surface area contributed by atoms with Gasteiger partial charge in [-0.1, -0.05) is 30.3 Å². The van der Waals surface area contributed by atoms with Crippen LogP contribution in [-0.2, 0) is 17.8 Å². The summed E-state index contributed by atoms with van der Waals surface area (Å²) in [7, 11) is 1.70. The summed E-state index contributed by atoms with van der Waals surface area (Å²) < 4.78 is 6.07. The van der Waals surface area contributed by atoms with Gasteiger partial charge in [-0.25, -0.2) is 14.8 Å². The van der Waals surface area contributed by atoms with Gasteiger partial charge in [-0.2, -0.15) is 0 Å². The molecule has 0 unspecified atom stereocenters. The van der Waals surface area contributed by atoms with E-state index in [0.29, 0.717) is 18.8 Å². The van der Waals surface area contributed by atoms with E-state index in [4.69, 9.17) is 4.74 Å². The highest BCUT2D eigenvalue weighted by Gasteiger charge is 2.10. The number of amides is 1. The first-order valence-corrected chi connectivity index (χ1v) is 7.32. The standard InChI is InChI=1S/C15H16BrN3O2/c1-19(8-7-14-17-9-13(16)10-18-14)15(20)21-11-12-5-3-2-4-6-12/h2-6,9-10H,7-8,11H2,1H3. The van der Waals surface area contributed by atoms with Crippen molar-refractivity contribution in [2.45, 2.75) is 13.0 Å². The van der Waals surface area contributed by atoms with E-state index in [9.17, 15) is 4.79 Å². The molecule has 1 heterocycles. The summed E-state index contributed by atoms with van der Waals surface area (Å²) in [6.45, 7) is 0.786. The number of hydrogen-bond acceptors (Lipinski definition) is 4. The Bertz CT molecular complexity index is 575. The van der Waals surface area contributed by atoms with Crippen LogP contribution in [0.2, 0.25) is 0 Å². The number of carbonyl (C=O) groups is 1. The number of ether oxygens (including phenoxy) is 1. The highest BCUT2D eigenvalue weighted by Crippen LogP contribution is 2.06. The number of carbonyl (C=O) groups excluding carboxylic acids is 1. The molecule has 0 atom stereocenters. The summed E-state index contributed by atoms with van der Waals surface area (Å²) >= 11 is 3.28. The van der Waals surface area contributed by atoms with E-state index in [1.807, 2.05) is 30.3 Å². The van der Waals surface area contributed by atoms with E-state index in [1.165, 1.54) is 4.90 Å². The van der Waals surface area contributed by atoms with Crippen LogP contribution in [0.1, 0.15) is 11.4 Å². The molecule has 5 nitrogen and oxygen atoms in total. The van der Waals surface area contributed by atoms with Crippen LogP contribution in [0.25, 0.3) is 0 Å². The van der Waals surface area contributed by atoms with Crippen LogP contribution >= 0.6 is 15.9 Å². The zero-order chi connectivity index (χ0) is 15.1. The summed E-state index contributed by atoms with van der Waals surface area (Å²) in [6, 6.07) is 9.59. The van der Waals surface area contributed by atoms with Crippen molar-refractivity contribution in [1.29, 1.82) is 0 Å². The van der Waals surface area contributed by atoms with Gasteiger partial charge < -0.3 is 9.64 Å². The SMILES string of the molecule is CN(CCc1ncc(Br)cn1)C(=O)OCc1ccccc1. The third-order valence-electron chi connectivity index (χ3n) is 2.86. The molecule has 6 heteroatoms. The molecular weight excluding hydrogens is 334 g/mol. The van der Waals surface area contributed by atoms with E-state index in [-0.39, 0.29) is 12.7 Å². The molecule has 0 fully saturated rings. The van der Waals surface area contributed by atoms with E-state index < -0.39 is 0 Å². The predicted octanol–water partition coefficient (Wildman–Crippen LogP) is 3.05. The molecule has 2 rings (SSSR count).